The van der Waals surface area contributed by atoms with Crippen molar-refractivity contribution >= 4 is 17.7 Å². The maximum absolute atomic E-state index is 12.0. The second-order valence-electron chi connectivity index (χ2n) is 6.09. The number of carbonyl (C=O) groups is 1. The first kappa shape index (κ1) is 13.7. The molecule has 1 aromatic rings. The van der Waals surface area contributed by atoms with Crippen LogP contribution in [0.3, 0.4) is 0 Å². The number of benzene rings is 1. The number of amides is 1. The van der Waals surface area contributed by atoms with Gasteiger partial charge in [-0.05, 0) is 42.4 Å². The zero-order valence-electron chi connectivity index (χ0n) is 12.0. The number of rotatable bonds is 1. The average Bonchev–Trinajstić information content (AvgIpc) is 2.77. The lowest BCUT2D eigenvalue weighted by Gasteiger charge is -2.36. The number of halogens is 1. The van der Waals surface area contributed by atoms with Crippen LogP contribution in [0.1, 0.15) is 37.3 Å². The molecule has 108 valence electrons. The molecule has 0 N–H and O–H groups in total. The molecule has 0 radical (unpaired) electrons. The molecular weight excluding hydrogens is 274 g/mol. The lowest BCUT2D eigenvalue weighted by molar-refractivity contribution is 0.111. The van der Waals surface area contributed by atoms with Crippen molar-refractivity contribution in [1.82, 2.24) is 4.90 Å². The summed E-state index contributed by atoms with van der Waals surface area (Å²) in [4.78, 5) is 13.8. The van der Waals surface area contributed by atoms with Gasteiger partial charge in [0.2, 0.25) is 0 Å². The Morgan fingerprint density at radius 3 is 3.10 bits per heavy atom. The van der Waals surface area contributed by atoms with Gasteiger partial charge < -0.3 is 9.64 Å². The van der Waals surface area contributed by atoms with Crippen molar-refractivity contribution in [3.63, 3.8) is 0 Å². The zero-order valence-corrected chi connectivity index (χ0v) is 12.7. The van der Waals surface area contributed by atoms with E-state index in [0.29, 0.717) is 12.5 Å². The highest BCUT2D eigenvalue weighted by Gasteiger charge is 2.48. The van der Waals surface area contributed by atoms with Crippen molar-refractivity contribution in [2.45, 2.75) is 32.6 Å². The van der Waals surface area contributed by atoms with Crippen LogP contribution in [0.15, 0.2) is 18.2 Å². The summed E-state index contributed by atoms with van der Waals surface area (Å²) in [6.45, 7) is 6.07. The van der Waals surface area contributed by atoms with Gasteiger partial charge in [-0.15, -0.1) is 0 Å². The third-order valence-corrected chi connectivity index (χ3v) is 5.15. The summed E-state index contributed by atoms with van der Waals surface area (Å²) >= 11 is 6.32. The monoisotopic (exact) mass is 293 g/mol. The SMILES string of the molecule is CCOC(=O)N1CC2c3cccc(Cl)c3CCC2(C)C1. The summed E-state index contributed by atoms with van der Waals surface area (Å²) < 4.78 is 5.15. The smallest absolute Gasteiger partial charge is 0.409 e. The molecule has 0 bridgehead atoms. The molecular formula is C16H20ClNO2. The molecule has 2 aliphatic rings. The van der Waals surface area contributed by atoms with Crippen molar-refractivity contribution in [3.8, 4) is 0 Å². The number of fused-ring (bicyclic) bond motifs is 3. The summed E-state index contributed by atoms with van der Waals surface area (Å²) in [5.41, 5.74) is 2.73. The van der Waals surface area contributed by atoms with Crippen LogP contribution in [0.5, 0.6) is 0 Å². The Bertz CT molecular complexity index is 545. The van der Waals surface area contributed by atoms with E-state index in [9.17, 15) is 4.79 Å². The van der Waals surface area contributed by atoms with Crippen LogP contribution in [0.25, 0.3) is 0 Å². The maximum Gasteiger partial charge on any atom is 0.409 e. The van der Waals surface area contributed by atoms with E-state index in [4.69, 9.17) is 16.3 Å². The summed E-state index contributed by atoms with van der Waals surface area (Å²) in [6.07, 6.45) is 1.88. The van der Waals surface area contributed by atoms with Crippen LogP contribution >= 0.6 is 11.6 Å². The van der Waals surface area contributed by atoms with Crippen molar-refractivity contribution in [1.29, 1.82) is 0 Å². The van der Waals surface area contributed by atoms with Gasteiger partial charge in [-0.25, -0.2) is 4.79 Å². The van der Waals surface area contributed by atoms with E-state index < -0.39 is 0 Å². The van der Waals surface area contributed by atoms with E-state index >= 15 is 0 Å². The normalized spacial score (nSPS) is 27.9. The Labute approximate surface area is 124 Å². The highest BCUT2D eigenvalue weighted by molar-refractivity contribution is 6.31. The van der Waals surface area contributed by atoms with E-state index in [1.165, 1.54) is 11.1 Å². The van der Waals surface area contributed by atoms with E-state index in [1.54, 1.807) is 0 Å². The Morgan fingerprint density at radius 1 is 1.55 bits per heavy atom. The van der Waals surface area contributed by atoms with E-state index in [2.05, 4.69) is 13.0 Å². The largest absolute Gasteiger partial charge is 0.450 e. The predicted octanol–water partition coefficient (Wildman–Crippen LogP) is 3.85. The van der Waals surface area contributed by atoms with Crippen LogP contribution in [0.2, 0.25) is 5.02 Å². The Kier molecular flexibility index (Phi) is 3.41. The fourth-order valence-corrected chi connectivity index (χ4v) is 3.98. The standard InChI is InChI=1S/C16H20ClNO2/c1-3-20-15(19)18-9-13-11-5-4-6-14(17)12(11)7-8-16(13,2)10-18/h4-6,13H,3,7-10H2,1-2H3. The lowest BCUT2D eigenvalue weighted by atomic mass is 9.67. The molecule has 3 rings (SSSR count). The molecule has 0 spiro atoms. The van der Waals surface area contributed by atoms with Crippen molar-refractivity contribution < 1.29 is 9.53 Å². The summed E-state index contributed by atoms with van der Waals surface area (Å²) in [5.74, 6) is 0.370. The first-order valence-electron chi connectivity index (χ1n) is 7.24. The quantitative estimate of drug-likeness (QED) is 0.787. The van der Waals surface area contributed by atoms with Crippen LogP contribution in [-0.2, 0) is 11.2 Å². The Morgan fingerprint density at radius 2 is 2.35 bits per heavy atom. The molecule has 1 saturated heterocycles. The third-order valence-electron chi connectivity index (χ3n) is 4.80. The third kappa shape index (κ3) is 2.08. The fraction of sp³-hybridized carbons (Fsp3) is 0.562. The van der Waals surface area contributed by atoms with Gasteiger partial charge in [-0.1, -0.05) is 30.7 Å². The fourth-order valence-electron chi connectivity index (χ4n) is 3.71. The van der Waals surface area contributed by atoms with Crippen molar-refractivity contribution in [2.75, 3.05) is 19.7 Å². The number of hydrogen-bond acceptors (Lipinski definition) is 2. The Hall–Kier alpha value is -1.22. The van der Waals surface area contributed by atoms with Crippen LogP contribution in [0, 0.1) is 5.41 Å². The lowest BCUT2D eigenvalue weighted by Crippen LogP contribution is -2.32. The average molecular weight is 294 g/mol. The van der Waals surface area contributed by atoms with Gasteiger partial charge in [0.15, 0.2) is 0 Å². The maximum atomic E-state index is 12.0. The highest BCUT2D eigenvalue weighted by Crippen LogP contribution is 2.51. The first-order chi connectivity index (χ1) is 9.55. The van der Waals surface area contributed by atoms with Gasteiger partial charge in [0, 0.05) is 24.0 Å². The highest BCUT2D eigenvalue weighted by atomic mass is 35.5. The van der Waals surface area contributed by atoms with Gasteiger partial charge in [0.25, 0.3) is 0 Å². The summed E-state index contributed by atoms with van der Waals surface area (Å²) in [7, 11) is 0. The molecule has 1 fully saturated rings. The molecule has 2 atom stereocenters. The second-order valence-corrected chi connectivity index (χ2v) is 6.50. The van der Waals surface area contributed by atoms with E-state index in [1.807, 2.05) is 24.0 Å². The van der Waals surface area contributed by atoms with Gasteiger partial charge in [-0.3, -0.25) is 0 Å². The minimum absolute atomic E-state index is 0.143. The van der Waals surface area contributed by atoms with Crippen LogP contribution < -0.4 is 0 Å². The van der Waals surface area contributed by atoms with Gasteiger partial charge in [0.1, 0.15) is 0 Å². The predicted molar refractivity (Wildman–Crippen MR) is 79.2 cm³/mol. The van der Waals surface area contributed by atoms with Crippen LogP contribution in [-0.4, -0.2) is 30.7 Å². The summed E-state index contributed by atoms with van der Waals surface area (Å²) in [5, 5.41) is 0.860. The molecule has 1 amide bonds. The molecule has 3 nitrogen and oxygen atoms in total. The van der Waals surface area contributed by atoms with Crippen molar-refractivity contribution in [2.24, 2.45) is 5.41 Å². The number of ether oxygens (including phenoxy) is 1. The molecule has 4 heteroatoms. The number of carbonyl (C=O) groups excluding carboxylic acids is 1. The van der Waals surface area contributed by atoms with Gasteiger partial charge in [0.05, 0.1) is 6.61 Å². The molecule has 2 unspecified atom stereocenters. The molecule has 1 aliphatic heterocycles. The minimum atomic E-state index is -0.188. The van der Waals surface area contributed by atoms with Gasteiger partial charge in [-0.2, -0.15) is 0 Å². The summed E-state index contributed by atoms with van der Waals surface area (Å²) in [6, 6.07) is 6.14. The van der Waals surface area contributed by atoms with Crippen LogP contribution in [0.4, 0.5) is 4.79 Å². The molecule has 20 heavy (non-hydrogen) atoms. The first-order valence-corrected chi connectivity index (χ1v) is 7.62. The Balaban J connectivity index is 1.92. The van der Waals surface area contributed by atoms with E-state index in [-0.39, 0.29) is 11.5 Å². The topological polar surface area (TPSA) is 29.5 Å². The molecule has 1 aromatic carbocycles. The molecule has 0 aromatic heterocycles. The number of nitrogens with zero attached hydrogens (tertiary/aromatic N) is 1. The van der Waals surface area contributed by atoms with Gasteiger partial charge >= 0.3 is 6.09 Å². The number of likely N-dealkylation sites (tertiary alicyclic amines) is 1. The zero-order chi connectivity index (χ0) is 14.3. The van der Waals surface area contributed by atoms with E-state index in [0.717, 1.165) is 31.0 Å². The molecule has 0 saturated carbocycles. The van der Waals surface area contributed by atoms with Crippen molar-refractivity contribution in [3.05, 3.63) is 34.3 Å². The number of hydrogen-bond donors (Lipinski definition) is 0. The second kappa shape index (κ2) is 4.96. The molecule has 1 aliphatic carbocycles. The molecule has 1 heterocycles. The minimum Gasteiger partial charge on any atom is -0.450 e.